The fraction of sp³-hybridized carbons (Fsp3) is 0.279. The van der Waals surface area contributed by atoms with E-state index in [4.69, 9.17) is 13.3 Å². The van der Waals surface area contributed by atoms with Gasteiger partial charge in [-0.3, -0.25) is 0 Å². The number of rotatable bonds is 6. The van der Waals surface area contributed by atoms with Crippen LogP contribution in [-0.2, 0) is 32.5 Å². The number of nitrogens with zero attached hydrogens (tertiary/aromatic N) is 3. The van der Waals surface area contributed by atoms with Gasteiger partial charge in [0.05, 0.1) is 17.1 Å². The molecule has 6 nitrogen and oxygen atoms in total. The molecule has 13 aromatic rings. The van der Waals surface area contributed by atoms with Crippen LogP contribution in [-0.4, -0.2) is 6.85 Å². The van der Waals surface area contributed by atoms with Gasteiger partial charge < -0.3 is 27.9 Å². The van der Waals surface area contributed by atoms with Gasteiger partial charge in [-0.15, -0.1) is 0 Å². The van der Waals surface area contributed by atoms with Crippen molar-refractivity contribution in [3.8, 4) is 22.3 Å². The highest BCUT2D eigenvalue weighted by molar-refractivity contribution is 6.93. The quantitative estimate of drug-likeness (QED) is 0.155. The first-order valence-electron chi connectivity index (χ1n) is 33.6. The normalized spacial score (nSPS) is 15.3. The molecule has 0 N–H and O–H groups in total. The lowest BCUT2D eigenvalue weighted by atomic mass is 9.45. The Morgan fingerprint density at radius 3 is 1.54 bits per heavy atom. The van der Waals surface area contributed by atoms with E-state index in [2.05, 4.69) is 320 Å². The Balaban J connectivity index is 1.03. The second-order valence-electron chi connectivity index (χ2n) is 32.5. The number of fused-ring (bicyclic) bond motifs is 14. The first kappa shape index (κ1) is 58.9. The predicted molar refractivity (Wildman–Crippen MR) is 395 cm³/mol. The van der Waals surface area contributed by atoms with E-state index in [-0.39, 0.29) is 32.5 Å². The summed E-state index contributed by atoms with van der Waals surface area (Å²) in [5.74, 6) is 0. The summed E-state index contributed by atoms with van der Waals surface area (Å²) in [7, 11) is 0. The van der Waals surface area contributed by atoms with Crippen molar-refractivity contribution in [3.05, 3.63) is 228 Å². The number of furan rings is 3. The second kappa shape index (κ2) is 20.2. The molecule has 0 fully saturated rings. The largest absolute Gasteiger partial charge is 0.466 e. The second-order valence-corrected chi connectivity index (χ2v) is 32.5. The molecule has 0 radical (unpaired) electrons. The van der Waals surface area contributed by atoms with Crippen molar-refractivity contribution in [2.45, 2.75) is 156 Å². The Labute approximate surface area is 548 Å². The van der Waals surface area contributed by atoms with Gasteiger partial charge >= 0.3 is 6.85 Å². The van der Waals surface area contributed by atoms with Crippen LogP contribution in [0.1, 0.15) is 157 Å². The number of anilines is 8. The minimum Gasteiger partial charge on any atom is -0.466 e. The molecule has 0 atom stereocenters. The van der Waals surface area contributed by atoms with Crippen molar-refractivity contribution in [2.75, 3.05) is 14.6 Å². The molecule has 3 aliphatic rings. The Bertz CT molecular complexity index is 5130. The molecule has 0 amide bonds. The zero-order valence-corrected chi connectivity index (χ0v) is 57.0. The van der Waals surface area contributed by atoms with Crippen molar-refractivity contribution < 1.29 is 13.3 Å². The van der Waals surface area contributed by atoms with Crippen LogP contribution in [0, 0.1) is 0 Å². The van der Waals surface area contributed by atoms with Gasteiger partial charge in [0.2, 0.25) is 0 Å². The molecule has 0 unspecified atom stereocenters. The van der Waals surface area contributed by atoms with Crippen molar-refractivity contribution in [1.29, 1.82) is 0 Å². The van der Waals surface area contributed by atoms with Crippen molar-refractivity contribution >= 4 is 118 Å². The summed E-state index contributed by atoms with van der Waals surface area (Å²) < 4.78 is 22.6. The Morgan fingerprint density at radius 2 is 0.914 bits per heavy atom. The van der Waals surface area contributed by atoms with Crippen LogP contribution in [0.25, 0.3) is 77.1 Å². The average molecular weight is 1220 g/mol. The molecular formula is C86H84BN3O3. The van der Waals surface area contributed by atoms with Gasteiger partial charge in [-0.25, -0.2) is 0 Å². The maximum Gasteiger partial charge on any atom is 0.376 e. The molecular weight excluding hydrogens is 1130 g/mol. The third-order valence-electron chi connectivity index (χ3n) is 21.1. The van der Waals surface area contributed by atoms with E-state index in [1.54, 1.807) is 0 Å². The molecule has 3 aromatic heterocycles. The first-order chi connectivity index (χ1) is 44.1. The number of benzene rings is 10. The lowest BCUT2D eigenvalue weighted by Gasteiger charge is -2.44. The van der Waals surface area contributed by atoms with E-state index in [0.29, 0.717) is 0 Å². The number of para-hydroxylation sites is 1. The first-order valence-corrected chi connectivity index (χ1v) is 33.6. The topological polar surface area (TPSA) is 49.1 Å². The molecule has 5 heterocycles. The van der Waals surface area contributed by atoms with Crippen molar-refractivity contribution in [2.24, 2.45) is 0 Å². The molecule has 10 aromatic carbocycles. The number of hydrogen-bond acceptors (Lipinski definition) is 6. The highest BCUT2D eigenvalue weighted by atomic mass is 16.3. The highest BCUT2D eigenvalue weighted by Crippen LogP contribution is 2.57. The lowest BCUT2D eigenvalue weighted by Crippen LogP contribution is -2.61. The molecule has 16 rings (SSSR count). The zero-order chi connectivity index (χ0) is 64.8. The fourth-order valence-corrected chi connectivity index (χ4v) is 15.5. The smallest absolute Gasteiger partial charge is 0.376 e. The summed E-state index contributed by atoms with van der Waals surface area (Å²) in [5, 5.41) is 5.31. The van der Waals surface area contributed by atoms with Crippen LogP contribution >= 0.6 is 0 Å². The van der Waals surface area contributed by atoms with Crippen LogP contribution in [0.4, 0.5) is 45.5 Å². The van der Waals surface area contributed by atoms with E-state index in [0.717, 1.165) is 147 Å². The molecule has 0 saturated carbocycles. The van der Waals surface area contributed by atoms with Gasteiger partial charge in [0.1, 0.15) is 28.0 Å². The SMILES string of the molecule is CC(C)(C)c1ccc(N2B3c4oc5cc6c(cc5c4N(c4ccc(C(C)(C)C)cc4-c4ccccc4)c4c3c(cc3c4oc4ccccc43)-c3cc4c(cc32)oc2ccc(N(c3ccc(C(C)(C)C)cc3)c3ccc(C(C)(C)C)cc3)cc24)C(C)(C)CCC6(C)C)cc1. The van der Waals surface area contributed by atoms with Gasteiger partial charge in [-0.05, 0) is 192 Å². The van der Waals surface area contributed by atoms with E-state index in [9.17, 15) is 0 Å². The van der Waals surface area contributed by atoms with E-state index < -0.39 is 6.85 Å². The molecule has 0 bridgehead atoms. The number of hydrogen-bond donors (Lipinski definition) is 0. The highest BCUT2D eigenvalue weighted by Gasteiger charge is 2.51. The molecule has 0 saturated heterocycles. The Kier molecular flexibility index (Phi) is 12.8. The third-order valence-corrected chi connectivity index (χ3v) is 21.1. The van der Waals surface area contributed by atoms with E-state index >= 15 is 0 Å². The summed E-state index contributed by atoms with van der Waals surface area (Å²) in [5.41, 5.74) is 26.8. The summed E-state index contributed by atoms with van der Waals surface area (Å²) in [6.45, 7) is 36.7. The standard InChI is InChI=1S/C86H84BN3O3/c1-81(2,3)52-26-33-56(34-27-52)88(57-35-28-53(29-36-57)82(4,5)6)59-39-41-73-63(45-59)64-46-62-65-47-66-60-24-20-21-25-72(60)92-79(66)78-76(65)87(90(71(62)50-75(64)91-73)58-37-30-54(31-38-58)83(7,8)9)80-77(67-48-68-69(49-74(67)93-80)86(15,16)43-42-85(68,13)14)89(78)70-40-32-55(84(10,11)12)44-61(70)51-22-18-17-19-23-51/h17-41,44-50H,42-43H2,1-16H3. The molecule has 0 spiro atoms. The lowest BCUT2D eigenvalue weighted by molar-refractivity contribution is 0.332. The molecule has 93 heavy (non-hydrogen) atoms. The Morgan fingerprint density at radius 1 is 0.387 bits per heavy atom. The predicted octanol–water partition coefficient (Wildman–Crippen LogP) is 23.6. The van der Waals surface area contributed by atoms with Crippen LogP contribution in [0.15, 0.2) is 207 Å². The minimum atomic E-state index is -0.456. The zero-order valence-electron chi connectivity index (χ0n) is 57.0. The summed E-state index contributed by atoms with van der Waals surface area (Å²) in [6.07, 6.45) is 2.18. The van der Waals surface area contributed by atoms with Gasteiger partial charge in [-0.2, -0.15) is 0 Å². The van der Waals surface area contributed by atoms with Crippen molar-refractivity contribution in [3.63, 3.8) is 0 Å². The summed E-state index contributed by atoms with van der Waals surface area (Å²) in [4.78, 5) is 7.54. The Hall–Kier alpha value is -9.20. The maximum absolute atomic E-state index is 7.91. The van der Waals surface area contributed by atoms with Gasteiger partial charge in [-0.1, -0.05) is 202 Å². The third kappa shape index (κ3) is 9.32. The van der Waals surface area contributed by atoms with Crippen LogP contribution in [0.3, 0.4) is 0 Å². The molecule has 2 aliphatic heterocycles. The van der Waals surface area contributed by atoms with Crippen LogP contribution in [0.2, 0.25) is 0 Å². The van der Waals surface area contributed by atoms with Gasteiger partial charge in [0.15, 0.2) is 5.58 Å². The van der Waals surface area contributed by atoms with E-state index in [1.165, 1.54) is 33.4 Å². The molecule has 7 heteroatoms. The molecule has 1 aliphatic carbocycles. The maximum atomic E-state index is 7.91. The van der Waals surface area contributed by atoms with Crippen LogP contribution < -0.4 is 25.7 Å². The van der Waals surface area contributed by atoms with E-state index in [1.807, 2.05) is 0 Å². The monoisotopic (exact) mass is 1220 g/mol. The molecule has 464 valence electrons. The van der Waals surface area contributed by atoms with Gasteiger partial charge in [0.25, 0.3) is 0 Å². The minimum absolute atomic E-state index is 0.00920. The van der Waals surface area contributed by atoms with Crippen LogP contribution in [0.5, 0.6) is 0 Å². The fourth-order valence-electron chi connectivity index (χ4n) is 15.5. The van der Waals surface area contributed by atoms with Crippen molar-refractivity contribution in [1.82, 2.24) is 0 Å². The summed E-state index contributed by atoms with van der Waals surface area (Å²) in [6, 6.07) is 73.2. The summed E-state index contributed by atoms with van der Waals surface area (Å²) >= 11 is 0. The van der Waals surface area contributed by atoms with Gasteiger partial charge in [0, 0.05) is 72.6 Å². The average Bonchev–Trinajstić information content (AvgIpc) is 1.63.